The number of rotatable bonds is 5. The second-order valence-corrected chi connectivity index (χ2v) is 6.03. The Bertz CT molecular complexity index is 345. The molecule has 0 spiro atoms. The van der Waals surface area contributed by atoms with Crippen molar-refractivity contribution in [3.8, 4) is 0 Å². The summed E-state index contributed by atoms with van der Waals surface area (Å²) in [5, 5.41) is 0. The van der Waals surface area contributed by atoms with Crippen molar-refractivity contribution in [2.24, 2.45) is 11.1 Å². The van der Waals surface area contributed by atoms with E-state index in [0.717, 1.165) is 6.42 Å². The number of nitrogens with two attached hydrogens (primary N) is 1. The van der Waals surface area contributed by atoms with Gasteiger partial charge in [0.2, 0.25) is 11.8 Å². The maximum Gasteiger partial charge on any atom is 0.236 e. The molecule has 1 unspecified atom stereocenters. The fraction of sp³-hybridized carbons (Fsp3) is 0.857. The molecule has 20 heavy (non-hydrogen) atoms. The SMILES string of the molecule is CCC(C)(CN)C(=O)N1CCN(C(=O)CN(C)C)CC1. The van der Waals surface area contributed by atoms with E-state index in [4.69, 9.17) is 5.73 Å². The summed E-state index contributed by atoms with van der Waals surface area (Å²) < 4.78 is 0. The molecule has 0 saturated carbocycles. The molecule has 1 atom stereocenters. The van der Waals surface area contributed by atoms with Gasteiger partial charge in [0.05, 0.1) is 12.0 Å². The first-order valence-electron chi connectivity index (χ1n) is 7.26. The fourth-order valence-corrected chi connectivity index (χ4v) is 2.29. The van der Waals surface area contributed by atoms with Crippen LogP contribution in [0.3, 0.4) is 0 Å². The molecule has 2 amide bonds. The van der Waals surface area contributed by atoms with Gasteiger partial charge in [0, 0.05) is 32.7 Å². The molecule has 1 aliphatic rings. The lowest BCUT2D eigenvalue weighted by Crippen LogP contribution is -2.56. The molecule has 0 aliphatic carbocycles. The molecule has 1 rings (SSSR count). The number of likely N-dealkylation sites (N-methyl/N-ethyl adjacent to an activating group) is 1. The molecule has 0 aromatic heterocycles. The van der Waals surface area contributed by atoms with E-state index in [1.165, 1.54) is 0 Å². The Balaban J connectivity index is 2.54. The Morgan fingerprint density at radius 3 is 2.05 bits per heavy atom. The first-order chi connectivity index (χ1) is 9.34. The second kappa shape index (κ2) is 7.04. The van der Waals surface area contributed by atoms with Gasteiger partial charge in [-0.15, -0.1) is 0 Å². The number of hydrogen-bond acceptors (Lipinski definition) is 4. The molecule has 1 saturated heterocycles. The molecule has 6 nitrogen and oxygen atoms in total. The van der Waals surface area contributed by atoms with Crippen LogP contribution in [0.25, 0.3) is 0 Å². The number of carbonyl (C=O) groups excluding carboxylic acids is 2. The molecule has 1 fully saturated rings. The Morgan fingerprint density at radius 2 is 1.65 bits per heavy atom. The van der Waals surface area contributed by atoms with Gasteiger partial charge in [-0.2, -0.15) is 0 Å². The Morgan fingerprint density at radius 1 is 1.15 bits per heavy atom. The first kappa shape index (κ1) is 16.9. The maximum atomic E-state index is 12.5. The zero-order chi connectivity index (χ0) is 15.3. The Kier molecular flexibility index (Phi) is 5.95. The highest BCUT2D eigenvalue weighted by molar-refractivity contribution is 5.83. The van der Waals surface area contributed by atoms with Crippen LogP contribution in [0.1, 0.15) is 20.3 Å². The summed E-state index contributed by atoms with van der Waals surface area (Å²) in [6.07, 6.45) is 0.738. The topological polar surface area (TPSA) is 69.9 Å². The van der Waals surface area contributed by atoms with Crippen LogP contribution in [-0.4, -0.2) is 79.9 Å². The molecule has 0 aromatic carbocycles. The van der Waals surface area contributed by atoms with Crippen LogP contribution in [-0.2, 0) is 9.59 Å². The fourth-order valence-electron chi connectivity index (χ4n) is 2.29. The predicted molar refractivity (Wildman–Crippen MR) is 79.2 cm³/mol. The summed E-state index contributed by atoms with van der Waals surface area (Å²) in [6, 6.07) is 0. The van der Waals surface area contributed by atoms with Gasteiger partial charge in [0.1, 0.15) is 0 Å². The third-order valence-electron chi connectivity index (χ3n) is 4.12. The van der Waals surface area contributed by atoms with Crippen molar-refractivity contribution >= 4 is 11.8 Å². The Hall–Kier alpha value is -1.14. The zero-order valence-corrected chi connectivity index (χ0v) is 13.2. The summed E-state index contributed by atoms with van der Waals surface area (Å²) in [5.41, 5.74) is 5.26. The van der Waals surface area contributed by atoms with E-state index in [0.29, 0.717) is 39.3 Å². The van der Waals surface area contributed by atoms with Crippen LogP contribution in [0.4, 0.5) is 0 Å². The first-order valence-corrected chi connectivity index (χ1v) is 7.26. The monoisotopic (exact) mass is 284 g/mol. The molecule has 1 heterocycles. The van der Waals surface area contributed by atoms with Crippen molar-refractivity contribution in [3.63, 3.8) is 0 Å². The number of carbonyl (C=O) groups is 2. The van der Waals surface area contributed by atoms with Crippen molar-refractivity contribution in [1.29, 1.82) is 0 Å². The summed E-state index contributed by atoms with van der Waals surface area (Å²) in [4.78, 5) is 30.0. The van der Waals surface area contributed by atoms with Crippen LogP contribution in [0, 0.1) is 5.41 Å². The van der Waals surface area contributed by atoms with Crippen LogP contribution >= 0.6 is 0 Å². The van der Waals surface area contributed by atoms with Gasteiger partial charge in [-0.05, 0) is 27.4 Å². The van der Waals surface area contributed by atoms with Crippen molar-refractivity contribution in [2.75, 3.05) is 53.4 Å². The largest absolute Gasteiger partial charge is 0.339 e. The maximum absolute atomic E-state index is 12.5. The quantitative estimate of drug-likeness (QED) is 0.745. The number of piperazine rings is 1. The van der Waals surface area contributed by atoms with E-state index in [2.05, 4.69) is 0 Å². The van der Waals surface area contributed by atoms with E-state index < -0.39 is 5.41 Å². The highest BCUT2D eigenvalue weighted by Gasteiger charge is 2.35. The molecule has 2 N–H and O–H groups in total. The molecule has 1 aliphatic heterocycles. The van der Waals surface area contributed by atoms with Crippen LogP contribution in [0.2, 0.25) is 0 Å². The number of amides is 2. The third kappa shape index (κ3) is 3.93. The van der Waals surface area contributed by atoms with E-state index in [9.17, 15) is 9.59 Å². The lowest BCUT2D eigenvalue weighted by atomic mass is 9.86. The molecule has 0 radical (unpaired) electrons. The molecular formula is C14H28N4O2. The van der Waals surface area contributed by atoms with E-state index in [-0.39, 0.29) is 11.8 Å². The van der Waals surface area contributed by atoms with Crippen molar-refractivity contribution in [2.45, 2.75) is 20.3 Å². The summed E-state index contributed by atoms with van der Waals surface area (Å²) >= 11 is 0. The van der Waals surface area contributed by atoms with Crippen molar-refractivity contribution in [1.82, 2.24) is 14.7 Å². The smallest absolute Gasteiger partial charge is 0.236 e. The van der Waals surface area contributed by atoms with E-state index >= 15 is 0 Å². The molecule has 0 bridgehead atoms. The van der Waals surface area contributed by atoms with Crippen LogP contribution < -0.4 is 5.73 Å². The van der Waals surface area contributed by atoms with Gasteiger partial charge in [0.15, 0.2) is 0 Å². The van der Waals surface area contributed by atoms with Gasteiger partial charge >= 0.3 is 0 Å². The predicted octanol–water partition coefficient (Wildman–Crippen LogP) is -0.406. The minimum atomic E-state index is -0.476. The van der Waals surface area contributed by atoms with Gasteiger partial charge in [-0.1, -0.05) is 6.92 Å². The van der Waals surface area contributed by atoms with Gasteiger partial charge in [-0.25, -0.2) is 0 Å². The second-order valence-electron chi connectivity index (χ2n) is 6.03. The van der Waals surface area contributed by atoms with Gasteiger partial charge in [0.25, 0.3) is 0 Å². The number of hydrogen-bond donors (Lipinski definition) is 1. The Labute approximate surface area is 121 Å². The minimum absolute atomic E-state index is 0.113. The lowest BCUT2D eigenvalue weighted by Gasteiger charge is -2.39. The summed E-state index contributed by atoms with van der Waals surface area (Å²) in [5.74, 6) is 0.237. The summed E-state index contributed by atoms with van der Waals surface area (Å²) in [7, 11) is 3.76. The van der Waals surface area contributed by atoms with E-state index in [1.54, 1.807) is 0 Å². The lowest BCUT2D eigenvalue weighted by molar-refractivity contribution is -0.146. The van der Waals surface area contributed by atoms with Gasteiger partial charge in [-0.3, -0.25) is 9.59 Å². The van der Waals surface area contributed by atoms with Crippen LogP contribution in [0.15, 0.2) is 0 Å². The average molecular weight is 284 g/mol. The minimum Gasteiger partial charge on any atom is -0.339 e. The molecule has 0 aromatic rings. The van der Waals surface area contributed by atoms with Crippen molar-refractivity contribution < 1.29 is 9.59 Å². The van der Waals surface area contributed by atoms with E-state index in [1.807, 2.05) is 42.6 Å². The summed E-state index contributed by atoms with van der Waals surface area (Å²) in [6.45, 7) is 7.12. The normalized spacial score (nSPS) is 19.1. The standard InChI is InChI=1S/C14H28N4O2/c1-5-14(2,11-15)13(20)18-8-6-17(7-9-18)12(19)10-16(3)4/h5-11,15H2,1-4H3. The third-order valence-corrected chi connectivity index (χ3v) is 4.12. The van der Waals surface area contributed by atoms with Crippen molar-refractivity contribution in [3.05, 3.63) is 0 Å². The molecule has 116 valence electrons. The van der Waals surface area contributed by atoms with Crippen LogP contribution in [0.5, 0.6) is 0 Å². The highest BCUT2D eigenvalue weighted by Crippen LogP contribution is 2.23. The van der Waals surface area contributed by atoms with Gasteiger partial charge < -0.3 is 20.4 Å². The highest BCUT2D eigenvalue weighted by atomic mass is 16.2. The average Bonchev–Trinajstić information content (AvgIpc) is 2.45. The molecular weight excluding hydrogens is 256 g/mol. The number of nitrogens with zero attached hydrogens (tertiary/aromatic N) is 3. The zero-order valence-electron chi connectivity index (χ0n) is 13.2. The molecule has 6 heteroatoms.